The molecule has 1 unspecified atom stereocenters. The summed E-state index contributed by atoms with van der Waals surface area (Å²) in [6.45, 7) is 2.11. The highest BCUT2D eigenvalue weighted by Crippen LogP contribution is 2.31. The molecule has 0 aliphatic heterocycles. The Morgan fingerprint density at radius 1 is 1.47 bits per heavy atom. The van der Waals surface area contributed by atoms with Gasteiger partial charge in [0.25, 0.3) is 0 Å². The van der Waals surface area contributed by atoms with E-state index in [1.54, 1.807) is 18.1 Å². The van der Waals surface area contributed by atoms with E-state index in [9.17, 15) is 0 Å². The van der Waals surface area contributed by atoms with Crippen molar-refractivity contribution < 1.29 is 0 Å². The van der Waals surface area contributed by atoms with Gasteiger partial charge in [0.1, 0.15) is 6.33 Å². The number of hydrogen-bond donors (Lipinski definition) is 1. The number of aromatic nitrogens is 3. The largest absolute Gasteiger partial charge is 0.327 e. The highest BCUT2D eigenvalue weighted by molar-refractivity contribution is 9.10. The van der Waals surface area contributed by atoms with Gasteiger partial charge in [0.05, 0.1) is 0 Å². The molecule has 4 nitrogen and oxygen atoms in total. The standard InChI is InChI=1S/C13H17BrN4S/c1-3-11(15)7-9-6-10(14)4-5-12(9)19-13-17-16-8-18(13)2/h4-6,8,11H,3,7,15H2,1-2H3. The van der Waals surface area contributed by atoms with Crippen LogP contribution in [0.2, 0.25) is 0 Å². The van der Waals surface area contributed by atoms with Gasteiger partial charge in [0, 0.05) is 22.5 Å². The zero-order chi connectivity index (χ0) is 13.8. The molecule has 0 radical (unpaired) electrons. The van der Waals surface area contributed by atoms with Gasteiger partial charge in [0.2, 0.25) is 0 Å². The number of hydrogen-bond acceptors (Lipinski definition) is 4. The predicted octanol–water partition coefficient (Wildman–Crippen LogP) is 3.01. The maximum atomic E-state index is 6.07. The van der Waals surface area contributed by atoms with Crippen molar-refractivity contribution in [3.8, 4) is 0 Å². The van der Waals surface area contributed by atoms with Gasteiger partial charge in [-0.25, -0.2) is 0 Å². The molecule has 2 rings (SSSR count). The summed E-state index contributed by atoms with van der Waals surface area (Å²) in [5.74, 6) is 0. The maximum Gasteiger partial charge on any atom is 0.195 e. The zero-order valence-corrected chi connectivity index (χ0v) is 13.4. The monoisotopic (exact) mass is 340 g/mol. The second-order valence-electron chi connectivity index (χ2n) is 4.45. The van der Waals surface area contributed by atoms with Crippen LogP contribution in [0.3, 0.4) is 0 Å². The van der Waals surface area contributed by atoms with Crippen LogP contribution in [-0.2, 0) is 13.5 Å². The molecular formula is C13H17BrN4S. The molecule has 1 aromatic heterocycles. The van der Waals surface area contributed by atoms with Crippen LogP contribution in [0.15, 0.2) is 39.1 Å². The third-order valence-electron chi connectivity index (χ3n) is 2.90. The Bertz CT molecular complexity index is 555. The normalized spacial score (nSPS) is 12.6. The second kappa shape index (κ2) is 6.54. The highest BCUT2D eigenvalue weighted by atomic mass is 79.9. The lowest BCUT2D eigenvalue weighted by atomic mass is 10.1. The van der Waals surface area contributed by atoms with Crippen molar-refractivity contribution in [2.45, 2.75) is 35.9 Å². The lowest BCUT2D eigenvalue weighted by Crippen LogP contribution is -2.21. The quantitative estimate of drug-likeness (QED) is 0.908. The van der Waals surface area contributed by atoms with E-state index in [4.69, 9.17) is 5.73 Å². The van der Waals surface area contributed by atoms with Crippen molar-refractivity contribution in [3.63, 3.8) is 0 Å². The first-order valence-corrected chi connectivity index (χ1v) is 7.77. The fourth-order valence-corrected chi connectivity index (χ4v) is 2.99. The van der Waals surface area contributed by atoms with E-state index in [2.05, 4.69) is 45.2 Å². The number of rotatable bonds is 5. The number of aryl methyl sites for hydroxylation is 1. The smallest absolute Gasteiger partial charge is 0.195 e. The fraction of sp³-hybridized carbons (Fsp3) is 0.385. The SMILES string of the molecule is CCC(N)Cc1cc(Br)ccc1Sc1nncn1C. The number of nitrogens with two attached hydrogens (primary N) is 1. The third kappa shape index (κ3) is 3.81. The molecule has 1 atom stereocenters. The average Bonchev–Trinajstić information content (AvgIpc) is 2.78. The van der Waals surface area contributed by atoms with Gasteiger partial charge in [0.15, 0.2) is 5.16 Å². The summed E-state index contributed by atoms with van der Waals surface area (Å²) in [4.78, 5) is 1.18. The first kappa shape index (κ1) is 14.6. The molecule has 0 spiro atoms. The number of halogens is 1. The summed E-state index contributed by atoms with van der Waals surface area (Å²) < 4.78 is 2.99. The summed E-state index contributed by atoms with van der Waals surface area (Å²) in [6, 6.07) is 6.46. The Kier molecular flexibility index (Phi) is 5.01. The van der Waals surface area contributed by atoms with Gasteiger partial charge in [-0.1, -0.05) is 22.9 Å². The Hall–Kier alpha value is -0.850. The Morgan fingerprint density at radius 3 is 2.89 bits per heavy atom. The molecule has 0 saturated heterocycles. The van der Waals surface area contributed by atoms with Gasteiger partial charge < -0.3 is 10.3 Å². The summed E-state index contributed by atoms with van der Waals surface area (Å²) >= 11 is 5.14. The zero-order valence-electron chi connectivity index (χ0n) is 11.0. The van der Waals surface area contributed by atoms with Crippen LogP contribution in [0.5, 0.6) is 0 Å². The summed E-state index contributed by atoms with van der Waals surface area (Å²) in [7, 11) is 1.94. The van der Waals surface area contributed by atoms with Crippen molar-refractivity contribution >= 4 is 27.7 Å². The van der Waals surface area contributed by atoms with Crippen LogP contribution >= 0.6 is 27.7 Å². The predicted molar refractivity (Wildman–Crippen MR) is 81.2 cm³/mol. The molecule has 0 saturated carbocycles. The van der Waals surface area contributed by atoms with Crippen molar-refractivity contribution in [1.29, 1.82) is 0 Å². The molecule has 0 fully saturated rings. The minimum Gasteiger partial charge on any atom is -0.327 e. The third-order valence-corrected chi connectivity index (χ3v) is 4.56. The van der Waals surface area contributed by atoms with Crippen molar-refractivity contribution in [3.05, 3.63) is 34.6 Å². The molecule has 2 N–H and O–H groups in total. The van der Waals surface area contributed by atoms with Gasteiger partial charge >= 0.3 is 0 Å². The minimum atomic E-state index is 0.188. The summed E-state index contributed by atoms with van der Waals surface area (Å²) in [6.07, 6.45) is 3.55. The average molecular weight is 341 g/mol. The second-order valence-corrected chi connectivity index (χ2v) is 6.38. The molecular weight excluding hydrogens is 324 g/mol. The Balaban J connectivity index is 2.26. The molecule has 0 aliphatic rings. The number of nitrogens with zero attached hydrogens (tertiary/aromatic N) is 3. The summed E-state index contributed by atoms with van der Waals surface area (Å²) in [5.41, 5.74) is 7.32. The molecule has 19 heavy (non-hydrogen) atoms. The van der Waals surface area contributed by atoms with Crippen LogP contribution in [0.4, 0.5) is 0 Å². The van der Waals surface area contributed by atoms with E-state index in [0.717, 1.165) is 22.5 Å². The lowest BCUT2D eigenvalue weighted by molar-refractivity contribution is 0.640. The molecule has 0 amide bonds. The van der Waals surface area contributed by atoms with Gasteiger partial charge in [-0.2, -0.15) is 0 Å². The molecule has 2 aromatic rings. The van der Waals surface area contributed by atoms with Crippen molar-refractivity contribution in [1.82, 2.24) is 14.8 Å². The lowest BCUT2D eigenvalue weighted by Gasteiger charge is -2.13. The highest BCUT2D eigenvalue weighted by Gasteiger charge is 2.11. The van der Waals surface area contributed by atoms with Crippen LogP contribution in [0.25, 0.3) is 0 Å². The molecule has 0 aliphatic carbocycles. The van der Waals surface area contributed by atoms with Gasteiger partial charge in [-0.3, -0.25) is 0 Å². The molecule has 1 aromatic carbocycles. The Labute approximate surface area is 125 Å². The van der Waals surface area contributed by atoms with E-state index in [0.29, 0.717) is 0 Å². The minimum absolute atomic E-state index is 0.188. The number of benzene rings is 1. The fourth-order valence-electron chi connectivity index (χ4n) is 1.70. The molecule has 1 heterocycles. The van der Waals surface area contributed by atoms with E-state index in [1.165, 1.54) is 10.5 Å². The maximum absolute atomic E-state index is 6.07. The van der Waals surface area contributed by atoms with E-state index in [1.807, 2.05) is 17.7 Å². The van der Waals surface area contributed by atoms with Crippen molar-refractivity contribution in [2.75, 3.05) is 0 Å². The molecule has 6 heteroatoms. The van der Waals surface area contributed by atoms with E-state index < -0.39 is 0 Å². The first-order valence-electron chi connectivity index (χ1n) is 6.16. The molecule has 102 valence electrons. The topological polar surface area (TPSA) is 56.7 Å². The van der Waals surface area contributed by atoms with E-state index in [-0.39, 0.29) is 6.04 Å². The summed E-state index contributed by atoms with van der Waals surface area (Å²) in [5, 5.41) is 8.89. The van der Waals surface area contributed by atoms with Crippen LogP contribution < -0.4 is 5.73 Å². The van der Waals surface area contributed by atoms with E-state index >= 15 is 0 Å². The van der Waals surface area contributed by atoms with Gasteiger partial charge in [-0.15, -0.1) is 10.2 Å². The Morgan fingerprint density at radius 2 is 2.26 bits per heavy atom. The van der Waals surface area contributed by atoms with Crippen LogP contribution in [0, 0.1) is 0 Å². The first-order chi connectivity index (χ1) is 9.10. The van der Waals surface area contributed by atoms with Gasteiger partial charge in [-0.05, 0) is 48.4 Å². The molecule has 0 bridgehead atoms. The van der Waals surface area contributed by atoms with Crippen LogP contribution in [-0.4, -0.2) is 20.8 Å². The van der Waals surface area contributed by atoms with Crippen molar-refractivity contribution in [2.24, 2.45) is 12.8 Å². The van der Waals surface area contributed by atoms with Crippen LogP contribution in [0.1, 0.15) is 18.9 Å².